The molecule has 1 aliphatic rings. The Hall–Kier alpha value is -1.63. The van der Waals surface area contributed by atoms with Gasteiger partial charge in [-0.2, -0.15) is 0 Å². The van der Waals surface area contributed by atoms with Crippen molar-refractivity contribution in [2.24, 2.45) is 4.99 Å². The molecule has 1 unspecified atom stereocenters. The fourth-order valence-electron chi connectivity index (χ4n) is 2.38. The molecule has 6 nitrogen and oxygen atoms in total. The second kappa shape index (κ2) is 7.29. The standard InChI is InChI=1S/C16H23ClN4O2/c1-16(11-14(22)18-8-9-20(2)3)19-15(21(4)23-16)12-6-5-7-13(17)10-12/h5-7,10H,8-9,11H2,1-4H3,(H,18,22). The van der Waals surface area contributed by atoms with Crippen LogP contribution in [0.25, 0.3) is 0 Å². The van der Waals surface area contributed by atoms with Crippen molar-refractivity contribution in [2.45, 2.75) is 19.1 Å². The normalized spacial score (nSPS) is 20.8. The molecule has 0 aliphatic carbocycles. The summed E-state index contributed by atoms with van der Waals surface area (Å²) in [4.78, 5) is 24.4. The zero-order valence-electron chi connectivity index (χ0n) is 14.0. The minimum atomic E-state index is -0.908. The number of nitrogens with one attached hydrogen (secondary N) is 1. The number of halogens is 1. The third-order valence-electron chi connectivity index (χ3n) is 3.43. The Labute approximate surface area is 142 Å². The number of rotatable bonds is 6. The minimum Gasteiger partial charge on any atom is -0.355 e. The first-order chi connectivity index (χ1) is 10.8. The van der Waals surface area contributed by atoms with E-state index < -0.39 is 5.72 Å². The van der Waals surface area contributed by atoms with Crippen molar-refractivity contribution in [3.63, 3.8) is 0 Å². The average molecular weight is 339 g/mol. The Morgan fingerprint density at radius 1 is 1.48 bits per heavy atom. The molecule has 126 valence electrons. The highest BCUT2D eigenvalue weighted by Gasteiger charge is 2.37. The lowest BCUT2D eigenvalue weighted by Crippen LogP contribution is -2.37. The maximum Gasteiger partial charge on any atom is 0.225 e. The van der Waals surface area contributed by atoms with Crippen LogP contribution in [0.4, 0.5) is 0 Å². The number of amidine groups is 1. The van der Waals surface area contributed by atoms with Crippen LogP contribution in [-0.2, 0) is 9.63 Å². The van der Waals surface area contributed by atoms with Crippen molar-refractivity contribution in [3.8, 4) is 0 Å². The molecule has 1 aromatic carbocycles. The van der Waals surface area contributed by atoms with E-state index in [1.807, 2.05) is 37.2 Å². The van der Waals surface area contributed by atoms with Gasteiger partial charge in [0.15, 0.2) is 11.6 Å². The maximum absolute atomic E-state index is 12.1. The van der Waals surface area contributed by atoms with E-state index in [4.69, 9.17) is 16.4 Å². The number of likely N-dealkylation sites (N-methyl/N-ethyl adjacent to an activating group) is 1. The van der Waals surface area contributed by atoms with Crippen LogP contribution in [0.5, 0.6) is 0 Å². The Morgan fingerprint density at radius 3 is 2.87 bits per heavy atom. The summed E-state index contributed by atoms with van der Waals surface area (Å²) in [7, 11) is 5.70. The Bertz CT molecular complexity index is 605. The van der Waals surface area contributed by atoms with Gasteiger partial charge in [0, 0.05) is 30.7 Å². The van der Waals surface area contributed by atoms with E-state index in [1.54, 1.807) is 25.1 Å². The molecule has 1 atom stereocenters. The molecule has 1 amide bonds. The zero-order chi connectivity index (χ0) is 17.0. The molecule has 1 N–H and O–H groups in total. The number of carbonyl (C=O) groups is 1. The van der Waals surface area contributed by atoms with Gasteiger partial charge < -0.3 is 10.2 Å². The highest BCUT2D eigenvalue weighted by molar-refractivity contribution is 6.31. The van der Waals surface area contributed by atoms with E-state index in [0.717, 1.165) is 12.1 Å². The summed E-state index contributed by atoms with van der Waals surface area (Å²) in [5, 5.41) is 5.09. The summed E-state index contributed by atoms with van der Waals surface area (Å²) in [5.74, 6) is 0.579. The van der Waals surface area contributed by atoms with Gasteiger partial charge in [-0.25, -0.2) is 14.9 Å². The van der Waals surface area contributed by atoms with Crippen molar-refractivity contribution in [1.82, 2.24) is 15.3 Å². The van der Waals surface area contributed by atoms with Crippen molar-refractivity contribution >= 4 is 23.3 Å². The molecule has 1 aromatic rings. The SMILES string of the molecule is CN(C)CCNC(=O)CC1(C)N=C(c2cccc(Cl)c2)N(C)O1. The van der Waals surface area contributed by atoms with E-state index >= 15 is 0 Å². The highest BCUT2D eigenvalue weighted by atomic mass is 35.5. The molecule has 0 saturated heterocycles. The van der Waals surface area contributed by atoms with Crippen LogP contribution in [0.3, 0.4) is 0 Å². The summed E-state index contributed by atoms with van der Waals surface area (Å²) in [5.41, 5.74) is -0.0500. The first-order valence-electron chi connectivity index (χ1n) is 7.49. The molecule has 7 heteroatoms. The van der Waals surface area contributed by atoms with Crippen molar-refractivity contribution < 1.29 is 9.63 Å². The molecule has 0 saturated carbocycles. The molecule has 0 aromatic heterocycles. The topological polar surface area (TPSA) is 57.2 Å². The van der Waals surface area contributed by atoms with Gasteiger partial charge in [0.05, 0.1) is 6.42 Å². The largest absolute Gasteiger partial charge is 0.355 e. The van der Waals surface area contributed by atoms with Crippen LogP contribution < -0.4 is 5.32 Å². The second-order valence-electron chi connectivity index (χ2n) is 6.04. The predicted molar refractivity (Wildman–Crippen MR) is 91.4 cm³/mol. The Balaban J connectivity index is 2.03. The minimum absolute atomic E-state index is 0.0844. The monoisotopic (exact) mass is 338 g/mol. The first kappa shape index (κ1) is 17.7. The molecular formula is C16H23ClN4O2. The summed E-state index contributed by atoms with van der Waals surface area (Å²) >= 11 is 6.03. The molecule has 0 spiro atoms. The number of amides is 1. The van der Waals surface area contributed by atoms with Gasteiger partial charge in [0.25, 0.3) is 0 Å². The third kappa shape index (κ3) is 4.92. The molecule has 1 aliphatic heterocycles. The number of carbonyl (C=O) groups excluding carboxylic acids is 1. The number of nitrogens with zero attached hydrogens (tertiary/aromatic N) is 3. The fourth-order valence-corrected chi connectivity index (χ4v) is 2.57. The molecule has 0 fully saturated rings. The van der Waals surface area contributed by atoms with Gasteiger partial charge in [-0.1, -0.05) is 23.7 Å². The molecule has 0 bridgehead atoms. The number of hydrogen-bond donors (Lipinski definition) is 1. The van der Waals surface area contributed by atoms with E-state index in [1.165, 1.54) is 0 Å². The Kier molecular flexibility index (Phi) is 5.62. The fraction of sp³-hybridized carbons (Fsp3) is 0.500. The number of hydrogen-bond acceptors (Lipinski definition) is 5. The van der Waals surface area contributed by atoms with Crippen LogP contribution in [0.1, 0.15) is 18.9 Å². The van der Waals surface area contributed by atoms with Gasteiger partial charge in [0.2, 0.25) is 5.91 Å². The zero-order valence-corrected chi connectivity index (χ0v) is 14.7. The lowest BCUT2D eigenvalue weighted by molar-refractivity contribution is -0.166. The number of aliphatic imine (C=N–C) groups is 1. The van der Waals surface area contributed by atoms with E-state index in [-0.39, 0.29) is 12.3 Å². The van der Waals surface area contributed by atoms with Gasteiger partial charge in [-0.05, 0) is 33.2 Å². The van der Waals surface area contributed by atoms with Gasteiger partial charge in [-0.3, -0.25) is 4.79 Å². The number of benzene rings is 1. The van der Waals surface area contributed by atoms with Gasteiger partial charge in [-0.15, -0.1) is 0 Å². The van der Waals surface area contributed by atoms with Crippen molar-refractivity contribution in [1.29, 1.82) is 0 Å². The van der Waals surface area contributed by atoms with Crippen molar-refractivity contribution in [3.05, 3.63) is 34.9 Å². The smallest absolute Gasteiger partial charge is 0.225 e. The lowest BCUT2D eigenvalue weighted by atomic mass is 10.1. The van der Waals surface area contributed by atoms with Crippen LogP contribution >= 0.6 is 11.6 Å². The first-order valence-corrected chi connectivity index (χ1v) is 7.87. The molecular weight excluding hydrogens is 316 g/mol. The van der Waals surface area contributed by atoms with Crippen LogP contribution in [0.2, 0.25) is 5.02 Å². The van der Waals surface area contributed by atoms with E-state index in [2.05, 4.69) is 10.3 Å². The summed E-state index contributed by atoms with van der Waals surface area (Å²) in [6.07, 6.45) is 0.162. The maximum atomic E-state index is 12.1. The van der Waals surface area contributed by atoms with Crippen LogP contribution in [0, 0.1) is 0 Å². The quantitative estimate of drug-likeness (QED) is 0.858. The van der Waals surface area contributed by atoms with Gasteiger partial charge in [0.1, 0.15) is 0 Å². The second-order valence-corrected chi connectivity index (χ2v) is 6.48. The molecule has 2 rings (SSSR count). The third-order valence-corrected chi connectivity index (χ3v) is 3.66. The van der Waals surface area contributed by atoms with E-state index in [0.29, 0.717) is 17.4 Å². The number of hydroxylamine groups is 2. The van der Waals surface area contributed by atoms with Gasteiger partial charge >= 0.3 is 0 Å². The Morgan fingerprint density at radius 2 is 2.22 bits per heavy atom. The van der Waals surface area contributed by atoms with Crippen LogP contribution in [0.15, 0.2) is 29.3 Å². The molecule has 23 heavy (non-hydrogen) atoms. The molecule has 1 heterocycles. The molecule has 0 radical (unpaired) electrons. The van der Waals surface area contributed by atoms with Crippen molar-refractivity contribution in [2.75, 3.05) is 34.2 Å². The predicted octanol–water partition coefficient (Wildman–Crippen LogP) is 1.75. The van der Waals surface area contributed by atoms with E-state index in [9.17, 15) is 4.79 Å². The summed E-state index contributed by atoms with van der Waals surface area (Å²) < 4.78 is 0. The lowest BCUT2D eigenvalue weighted by Gasteiger charge is -2.21. The van der Waals surface area contributed by atoms with Crippen LogP contribution in [-0.4, -0.2) is 61.7 Å². The average Bonchev–Trinajstić information content (AvgIpc) is 2.73. The summed E-state index contributed by atoms with van der Waals surface area (Å²) in [6, 6.07) is 7.40. The highest BCUT2D eigenvalue weighted by Crippen LogP contribution is 2.28. The summed E-state index contributed by atoms with van der Waals surface area (Å²) in [6.45, 7) is 3.19.